The number of carbonyl (C=O) groups is 1. The van der Waals surface area contributed by atoms with Crippen molar-refractivity contribution < 1.29 is 18.7 Å². The molecule has 0 saturated carbocycles. The summed E-state index contributed by atoms with van der Waals surface area (Å²) in [5.41, 5.74) is 0.503. The van der Waals surface area contributed by atoms with Gasteiger partial charge in [-0.3, -0.25) is 0 Å². The lowest BCUT2D eigenvalue weighted by Gasteiger charge is -2.32. The smallest absolute Gasteiger partial charge is 0.407 e. The highest BCUT2D eigenvalue weighted by molar-refractivity contribution is 5.67. The number of halogens is 1. The molecule has 2 rings (SSSR count). The van der Waals surface area contributed by atoms with Crippen molar-refractivity contribution in [2.75, 3.05) is 33.3 Å². The topological polar surface area (TPSA) is 50.8 Å². The first-order valence-corrected chi connectivity index (χ1v) is 9.31. The first-order chi connectivity index (χ1) is 12.3. The zero-order chi connectivity index (χ0) is 19.2. The van der Waals surface area contributed by atoms with E-state index in [0.29, 0.717) is 12.5 Å². The standard InChI is InChI=1S/C20H31FN2O3/c1-20(2,3)26-19(24)22-10-5-11-23-12-8-15(9-13-23)17-14-16(21)6-7-18(17)25-4/h6-7,14-15H,5,8-13H2,1-4H3,(H,22,24). The Kier molecular flexibility index (Phi) is 7.26. The van der Waals surface area contributed by atoms with Gasteiger partial charge in [0.25, 0.3) is 0 Å². The molecule has 1 aliphatic heterocycles. The summed E-state index contributed by atoms with van der Waals surface area (Å²) in [5, 5.41) is 2.79. The van der Waals surface area contributed by atoms with Crippen LogP contribution in [0, 0.1) is 5.82 Å². The summed E-state index contributed by atoms with van der Waals surface area (Å²) in [6.07, 6.45) is 2.49. The molecule has 0 aromatic heterocycles. The Hall–Kier alpha value is -1.82. The molecule has 1 heterocycles. The average Bonchev–Trinajstić information content (AvgIpc) is 2.58. The second-order valence-corrected chi connectivity index (χ2v) is 7.78. The molecule has 5 nitrogen and oxygen atoms in total. The molecule has 6 heteroatoms. The third-order valence-corrected chi connectivity index (χ3v) is 4.54. The van der Waals surface area contributed by atoms with E-state index in [-0.39, 0.29) is 11.9 Å². The molecule has 0 spiro atoms. The van der Waals surface area contributed by atoms with Crippen LogP contribution in [0.15, 0.2) is 18.2 Å². The predicted octanol–water partition coefficient (Wildman–Crippen LogP) is 3.93. The summed E-state index contributed by atoms with van der Waals surface area (Å²) in [7, 11) is 1.63. The second kappa shape index (κ2) is 9.21. The van der Waals surface area contributed by atoms with Crippen LogP contribution in [-0.4, -0.2) is 49.9 Å². The van der Waals surface area contributed by atoms with Gasteiger partial charge in [-0.2, -0.15) is 0 Å². The Balaban J connectivity index is 1.71. The van der Waals surface area contributed by atoms with Gasteiger partial charge in [0.15, 0.2) is 0 Å². The Morgan fingerprint density at radius 3 is 2.62 bits per heavy atom. The van der Waals surface area contributed by atoms with E-state index in [9.17, 15) is 9.18 Å². The van der Waals surface area contributed by atoms with Crippen LogP contribution in [0.3, 0.4) is 0 Å². The highest BCUT2D eigenvalue weighted by atomic mass is 19.1. The number of amides is 1. The SMILES string of the molecule is COc1ccc(F)cc1C1CCN(CCCNC(=O)OC(C)(C)C)CC1. The van der Waals surface area contributed by atoms with E-state index in [0.717, 1.165) is 50.2 Å². The van der Waals surface area contributed by atoms with Gasteiger partial charge in [0, 0.05) is 12.1 Å². The van der Waals surface area contributed by atoms with Crippen molar-refractivity contribution in [2.24, 2.45) is 0 Å². The van der Waals surface area contributed by atoms with Gasteiger partial charge in [-0.25, -0.2) is 9.18 Å². The Morgan fingerprint density at radius 2 is 2.00 bits per heavy atom. The molecule has 1 N–H and O–H groups in total. The van der Waals surface area contributed by atoms with Crippen molar-refractivity contribution in [1.82, 2.24) is 10.2 Å². The van der Waals surface area contributed by atoms with Crippen LogP contribution in [0.2, 0.25) is 0 Å². The molecule has 0 bridgehead atoms. The number of carbonyl (C=O) groups excluding carboxylic acids is 1. The highest BCUT2D eigenvalue weighted by Gasteiger charge is 2.23. The van der Waals surface area contributed by atoms with E-state index >= 15 is 0 Å². The Labute approximate surface area is 155 Å². The van der Waals surface area contributed by atoms with E-state index in [1.54, 1.807) is 19.2 Å². The highest BCUT2D eigenvalue weighted by Crippen LogP contribution is 2.34. The monoisotopic (exact) mass is 366 g/mol. The van der Waals surface area contributed by atoms with Gasteiger partial charge in [-0.1, -0.05) is 0 Å². The maximum atomic E-state index is 13.6. The molecule has 1 aromatic carbocycles. The number of nitrogens with one attached hydrogen (secondary N) is 1. The minimum atomic E-state index is -0.468. The predicted molar refractivity (Wildman–Crippen MR) is 100 cm³/mol. The number of ether oxygens (including phenoxy) is 2. The maximum absolute atomic E-state index is 13.6. The molecule has 146 valence electrons. The lowest BCUT2D eigenvalue weighted by molar-refractivity contribution is 0.0525. The summed E-state index contributed by atoms with van der Waals surface area (Å²) >= 11 is 0. The zero-order valence-corrected chi connectivity index (χ0v) is 16.3. The average molecular weight is 366 g/mol. The third kappa shape index (κ3) is 6.48. The number of methoxy groups -OCH3 is 1. The summed E-state index contributed by atoms with van der Waals surface area (Å²) in [6, 6.07) is 4.75. The van der Waals surface area contributed by atoms with Gasteiger partial charge in [-0.15, -0.1) is 0 Å². The van der Waals surface area contributed by atoms with Crippen LogP contribution >= 0.6 is 0 Å². The summed E-state index contributed by atoms with van der Waals surface area (Å²) < 4.78 is 24.2. The number of likely N-dealkylation sites (tertiary alicyclic amines) is 1. The fourth-order valence-corrected chi connectivity index (χ4v) is 3.30. The molecule has 1 aliphatic rings. The number of piperidine rings is 1. The lowest BCUT2D eigenvalue weighted by Crippen LogP contribution is -2.37. The van der Waals surface area contributed by atoms with Crippen LogP contribution in [0.25, 0.3) is 0 Å². The fourth-order valence-electron chi connectivity index (χ4n) is 3.30. The minimum Gasteiger partial charge on any atom is -0.496 e. The summed E-state index contributed by atoms with van der Waals surface area (Å²) in [6.45, 7) is 9.03. The van der Waals surface area contributed by atoms with Gasteiger partial charge < -0.3 is 19.7 Å². The lowest BCUT2D eigenvalue weighted by atomic mass is 9.88. The number of rotatable bonds is 6. The normalized spacial score (nSPS) is 16.3. The van der Waals surface area contributed by atoms with Gasteiger partial charge >= 0.3 is 6.09 Å². The van der Waals surface area contributed by atoms with Gasteiger partial charge in [0.05, 0.1) is 7.11 Å². The van der Waals surface area contributed by atoms with E-state index in [2.05, 4.69) is 10.2 Å². The molecular formula is C20H31FN2O3. The quantitative estimate of drug-likeness (QED) is 0.775. The third-order valence-electron chi connectivity index (χ3n) is 4.54. The van der Waals surface area contributed by atoms with Crippen molar-refractivity contribution in [1.29, 1.82) is 0 Å². The van der Waals surface area contributed by atoms with Gasteiger partial charge in [0.2, 0.25) is 0 Å². The molecule has 0 atom stereocenters. The zero-order valence-electron chi connectivity index (χ0n) is 16.3. The van der Waals surface area contributed by atoms with Crippen molar-refractivity contribution in [2.45, 2.75) is 51.6 Å². The number of nitrogens with zero attached hydrogens (tertiary/aromatic N) is 1. The van der Waals surface area contributed by atoms with E-state index < -0.39 is 5.60 Å². The van der Waals surface area contributed by atoms with Crippen LogP contribution in [0.1, 0.15) is 51.5 Å². The molecule has 1 fully saturated rings. The first-order valence-electron chi connectivity index (χ1n) is 9.31. The van der Waals surface area contributed by atoms with Crippen molar-refractivity contribution in [3.05, 3.63) is 29.6 Å². The summed E-state index contributed by atoms with van der Waals surface area (Å²) in [5.74, 6) is 0.889. The molecular weight excluding hydrogens is 335 g/mol. The number of hydrogen-bond donors (Lipinski definition) is 1. The van der Waals surface area contributed by atoms with Crippen LogP contribution in [0.5, 0.6) is 5.75 Å². The van der Waals surface area contributed by atoms with Crippen molar-refractivity contribution in [3.63, 3.8) is 0 Å². The van der Waals surface area contributed by atoms with Gasteiger partial charge in [0.1, 0.15) is 17.2 Å². The van der Waals surface area contributed by atoms with Crippen LogP contribution in [0.4, 0.5) is 9.18 Å². The Bertz CT molecular complexity index is 593. The van der Waals surface area contributed by atoms with Gasteiger partial charge in [-0.05, 0) is 83.8 Å². The van der Waals surface area contributed by atoms with E-state index in [1.807, 2.05) is 20.8 Å². The Morgan fingerprint density at radius 1 is 1.31 bits per heavy atom. The van der Waals surface area contributed by atoms with Crippen molar-refractivity contribution in [3.8, 4) is 5.75 Å². The molecule has 0 unspecified atom stereocenters. The van der Waals surface area contributed by atoms with Crippen LogP contribution < -0.4 is 10.1 Å². The molecule has 1 aromatic rings. The van der Waals surface area contributed by atoms with Crippen molar-refractivity contribution >= 4 is 6.09 Å². The second-order valence-electron chi connectivity index (χ2n) is 7.78. The molecule has 26 heavy (non-hydrogen) atoms. The minimum absolute atomic E-state index is 0.212. The molecule has 1 amide bonds. The number of hydrogen-bond acceptors (Lipinski definition) is 4. The summed E-state index contributed by atoms with van der Waals surface area (Å²) in [4.78, 5) is 14.0. The van der Waals surface area contributed by atoms with Crippen LogP contribution in [-0.2, 0) is 4.74 Å². The fraction of sp³-hybridized carbons (Fsp3) is 0.650. The largest absolute Gasteiger partial charge is 0.496 e. The molecule has 0 radical (unpaired) electrons. The van der Waals surface area contributed by atoms with E-state index in [4.69, 9.17) is 9.47 Å². The maximum Gasteiger partial charge on any atom is 0.407 e. The first kappa shape index (κ1) is 20.5. The molecule has 1 saturated heterocycles. The van der Waals surface area contributed by atoms with E-state index in [1.165, 1.54) is 6.07 Å². The number of alkyl carbamates (subject to hydrolysis) is 1. The number of benzene rings is 1. The molecule has 0 aliphatic carbocycles.